The molecule has 0 bridgehead atoms. The Morgan fingerprint density at radius 2 is 2.06 bits per heavy atom. The van der Waals surface area contributed by atoms with Crippen molar-refractivity contribution in [2.75, 3.05) is 20.8 Å². The van der Waals surface area contributed by atoms with Gasteiger partial charge in [0.2, 0.25) is 0 Å². The Bertz CT molecular complexity index is 1320. The molecule has 1 aromatic carbocycles. The lowest BCUT2D eigenvalue weighted by atomic mass is 10.1. The second-order valence-electron chi connectivity index (χ2n) is 7.90. The second-order valence-corrected chi connectivity index (χ2v) is 8.84. The van der Waals surface area contributed by atoms with Crippen LogP contribution in [0.25, 0.3) is 22.0 Å². The Labute approximate surface area is 195 Å². The van der Waals surface area contributed by atoms with Crippen LogP contribution in [0.3, 0.4) is 0 Å². The Morgan fingerprint density at radius 3 is 2.79 bits per heavy atom. The quantitative estimate of drug-likeness (QED) is 0.466. The van der Waals surface area contributed by atoms with Gasteiger partial charge in [0.25, 0.3) is 5.56 Å². The summed E-state index contributed by atoms with van der Waals surface area (Å²) in [5.74, 6) is 2.16. The summed E-state index contributed by atoms with van der Waals surface area (Å²) >= 11 is 1.58. The highest BCUT2D eigenvalue weighted by molar-refractivity contribution is 7.13. The number of pyridine rings is 1. The number of aromatic amines is 1. The molecule has 0 aliphatic carbocycles. The number of benzene rings is 1. The molecule has 7 nitrogen and oxygen atoms in total. The van der Waals surface area contributed by atoms with Gasteiger partial charge in [0.15, 0.2) is 5.82 Å². The van der Waals surface area contributed by atoms with Crippen molar-refractivity contribution >= 4 is 11.3 Å². The maximum atomic E-state index is 12.7. The first-order chi connectivity index (χ1) is 16.1. The van der Waals surface area contributed by atoms with Crippen molar-refractivity contribution in [3.8, 4) is 33.5 Å². The molecule has 0 radical (unpaired) electrons. The van der Waals surface area contributed by atoms with Crippen molar-refractivity contribution in [3.05, 3.63) is 81.2 Å². The van der Waals surface area contributed by atoms with Crippen LogP contribution in [0.1, 0.15) is 16.8 Å². The standard InChI is InChI=1S/C25H24N4O3S/c1-31-17-6-8-22(32-2)18(12-17)20-7-5-16(13-26-20)14-29-10-9-21-19(15-29)25(30)28-24(27-21)23-4-3-11-33-23/h3-8,11-13H,9-10,14-15H2,1-2H3,(H,27,28,30). The molecular formula is C25H24N4O3S. The van der Waals surface area contributed by atoms with E-state index in [-0.39, 0.29) is 5.56 Å². The summed E-state index contributed by atoms with van der Waals surface area (Å²) in [6.45, 7) is 2.14. The van der Waals surface area contributed by atoms with E-state index in [2.05, 4.69) is 20.9 Å². The number of thiophene rings is 1. The first kappa shape index (κ1) is 21.4. The van der Waals surface area contributed by atoms with E-state index in [9.17, 15) is 4.79 Å². The van der Waals surface area contributed by atoms with E-state index >= 15 is 0 Å². The molecule has 0 unspecified atom stereocenters. The molecule has 33 heavy (non-hydrogen) atoms. The van der Waals surface area contributed by atoms with Gasteiger partial charge in [0.1, 0.15) is 11.5 Å². The Balaban J connectivity index is 1.32. The molecule has 4 aromatic rings. The van der Waals surface area contributed by atoms with Crippen molar-refractivity contribution in [2.24, 2.45) is 0 Å². The van der Waals surface area contributed by atoms with E-state index in [4.69, 9.17) is 14.5 Å². The number of H-pyrrole nitrogens is 1. The van der Waals surface area contributed by atoms with Crippen molar-refractivity contribution in [3.63, 3.8) is 0 Å². The second kappa shape index (κ2) is 9.17. The van der Waals surface area contributed by atoms with Gasteiger partial charge >= 0.3 is 0 Å². The normalized spacial score (nSPS) is 13.5. The van der Waals surface area contributed by atoms with Crippen LogP contribution in [0.5, 0.6) is 11.5 Å². The molecule has 0 saturated carbocycles. The van der Waals surface area contributed by atoms with Gasteiger partial charge in [-0.3, -0.25) is 14.7 Å². The zero-order valence-electron chi connectivity index (χ0n) is 18.5. The lowest BCUT2D eigenvalue weighted by Gasteiger charge is -2.27. The van der Waals surface area contributed by atoms with E-state index in [0.29, 0.717) is 18.9 Å². The summed E-state index contributed by atoms with van der Waals surface area (Å²) in [6, 6.07) is 13.7. The molecule has 1 aliphatic heterocycles. The van der Waals surface area contributed by atoms with Crippen LogP contribution >= 0.6 is 11.3 Å². The fourth-order valence-corrected chi connectivity index (χ4v) is 4.76. The third-order valence-corrected chi connectivity index (χ3v) is 6.69. The van der Waals surface area contributed by atoms with Crippen LogP contribution in [-0.2, 0) is 19.5 Å². The predicted octanol–water partition coefficient (Wildman–Crippen LogP) is 4.14. The van der Waals surface area contributed by atoms with E-state index in [0.717, 1.165) is 57.4 Å². The van der Waals surface area contributed by atoms with Gasteiger partial charge in [-0.05, 0) is 41.3 Å². The molecule has 1 N–H and O–H groups in total. The molecule has 5 rings (SSSR count). The number of fused-ring (bicyclic) bond motifs is 1. The van der Waals surface area contributed by atoms with E-state index in [1.165, 1.54) is 0 Å². The number of methoxy groups -OCH3 is 2. The molecule has 0 atom stereocenters. The van der Waals surface area contributed by atoms with E-state index in [1.54, 1.807) is 25.6 Å². The average molecular weight is 461 g/mol. The number of ether oxygens (including phenoxy) is 2. The zero-order chi connectivity index (χ0) is 22.8. The summed E-state index contributed by atoms with van der Waals surface area (Å²) in [5, 5.41) is 1.99. The van der Waals surface area contributed by atoms with Gasteiger partial charge in [0.05, 0.1) is 36.0 Å². The lowest BCUT2D eigenvalue weighted by Crippen LogP contribution is -2.35. The van der Waals surface area contributed by atoms with Gasteiger partial charge in [0, 0.05) is 37.8 Å². The molecular weight excluding hydrogens is 436 g/mol. The molecule has 0 amide bonds. The molecule has 4 heterocycles. The molecule has 0 saturated heterocycles. The van der Waals surface area contributed by atoms with Gasteiger partial charge in [-0.2, -0.15) is 0 Å². The van der Waals surface area contributed by atoms with Gasteiger partial charge in [-0.25, -0.2) is 4.98 Å². The van der Waals surface area contributed by atoms with Gasteiger partial charge < -0.3 is 14.5 Å². The number of aromatic nitrogens is 3. The number of hydrogen-bond donors (Lipinski definition) is 1. The van der Waals surface area contributed by atoms with Crippen LogP contribution in [-0.4, -0.2) is 40.6 Å². The van der Waals surface area contributed by atoms with Crippen LogP contribution in [0.4, 0.5) is 0 Å². The summed E-state index contributed by atoms with van der Waals surface area (Å²) < 4.78 is 10.8. The highest BCUT2D eigenvalue weighted by Gasteiger charge is 2.22. The minimum atomic E-state index is -0.0494. The first-order valence-electron chi connectivity index (χ1n) is 10.7. The Kier molecular flexibility index (Phi) is 5.93. The van der Waals surface area contributed by atoms with Crippen LogP contribution in [0.2, 0.25) is 0 Å². The third-order valence-electron chi connectivity index (χ3n) is 5.82. The molecule has 168 valence electrons. The number of nitrogens with zero attached hydrogens (tertiary/aromatic N) is 3. The minimum absolute atomic E-state index is 0.0494. The number of hydrogen-bond acceptors (Lipinski definition) is 7. The van der Waals surface area contributed by atoms with Crippen LogP contribution in [0.15, 0.2) is 58.8 Å². The highest BCUT2D eigenvalue weighted by Crippen LogP contribution is 2.32. The Morgan fingerprint density at radius 1 is 1.15 bits per heavy atom. The molecule has 1 aliphatic rings. The predicted molar refractivity (Wildman–Crippen MR) is 129 cm³/mol. The first-order valence-corrected chi connectivity index (χ1v) is 11.6. The topological polar surface area (TPSA) is 80.3 Å². The van der Waals surface area contributed by atoms with Crippen LogP contribution < -0.4 is 15.0 Å². The van der Waals surface area contributed by atoms with Gasteiger partial charge in [-0.1, -0.05) is 12.1 Å². The summed E-state index contributed by atoms with van der Waals surface area (Å²) in [5.41, 5.74) is 4.40. The van der Waals surface area contributed by atoms with Crippen molar-refractivity contribution in [1.29, 1.82) is 0 Å². The summed E-state index contributed by atoms with van der Waals surface area (Å²) in [7, 11) is 3.29. The van der Waals surface area contributed by atoms with E-state index < -0.39 is 0 Å². The molecule has 8 heteroatoms. The maximum absolute atomic E-state index is 12.7. The molecule has 3 aromatic heterocycles. The highest BCUT2D eigenvalue weighted by atomic mass is 32.1. The number of rotatable bonds is 6. The van der Waals surface area contributed by atoms with Crippen molar-refractivity contribution in [2.45, 2.75) is 19.5 Å². The largest absolute Gasteiger partial charge is 0.497 e. The molecule has 0 spiro atoms. The van der Waals surface area contributed by atoms with Gasteiger partial charge in [-0.15, -0.1) is 11.3 Å². The fourth-order valence-electron chi connectivity index (χ4n) is 4.10. The molecule has 0 fully saturated rings. The fraction of sp³-hybridized carbons (Fsp3) is 0.240. The van der Waals surface area contributed by atoms with Crippen molar-refractivity contribution in [1.82, 2.24) is 19.9 Å². The smallest absolute Gasteiger partial charge is 0.255 e. The number of nitrogens with one attached hydrogen (secondary N) is 1. The zero-order valence-corrected chi connectivity index (χ0v) is 19.3. The van der Waals surface area contributed by atoms with Crippen LogP contribution in [0, 0.1) is 0 Å². The van der Waals surface area contributed by atoms with E-state index in [1.807, 2.05) is 48.0 Å². The lowest BCUT2D eigenvalue weighted by molar-refractivity contribution is 0.241. The Hall–Kier alpha value is -3.49. The summed E-state index contributed by atoms with van der Waals surface area (Å²) in [6.07, 6.45) is 2.64. The average Bonchev–Trinajstić information content (AvgIpc) is 3.39. The summed E-state index contributed by atoms with van der Waals surface area (Å²) in [4.78, 5) is 28.3. The SMILES string of the molecule is COc1ccc(OC)c(-c2ccc(CN3CCc4nc(-c5cccs5)[nH]c(=O)c4C3)cn2)c1. The minimum Gasteiger partial charge on any atom is -0.497 e. The van der Waals surface area contributed by atoms with Crippen molar-refractivity contribution < 1.29 is 9.47 Å². The maximum Gasteiger partial charge on any atom is 0.255 e. The monoisotopic (exact) mass is 460 g/mol. The third kappa shape index (κ3) is 4.40.